The Kier molecular flexibility index (Phi) is 8.17. The molecular formula is C46H48N4O. The first-order valence-corrected chi connectivity index (χ1v) is 17.8. The first kappa shape index (κ1) is 34.2. The normalized spacial score (nSPS) is 12.6. The number of imidazole rings is 1. The third-order valence-electron chi connectivity index (χ3n) is 10.1. The van der Waals surface area contributed by atoms with Crippen molar-refractivity contribution < 1.29 is 5.11 Å². The van der Waals surface area contributed by atoms with Gasteiger partial charge in [-0.25, -0.2) is 4.98 Å². The first-order chi connectivity index (χ1) is 24.0. The van der Waals surface area contributed by atoms with Gasteiger partial charge in [0.2, 0.25) is 0 Å². The highest BCUT2D eigenvalue weighted by Crippen LogP contribution is 2.41. The number of hydrogen-bond donors (Lipinski definition) is 1. The molecular weight excluding hydrogens is 625 g/mol. The lowest BCUT2D eigenvalue weighted by Gasteiger charge is -2.22. The Hall–Kier alpha value is -5.29. The molecule has 4 aromatic carbocycles. The molecule has 0 bridgehead atoms. The summed E-state index contributed by atoms with van der Waals surface area (Å²) in [5.74, 6) is 1.04. The van der Waals surface area contributed by atoms with Crippen molar-refractivity contribution in [3.8, 4) is 45.2 Å². The van der Waals surface area contributed by atoms with E-state index in [0.717, 1.165) is 67.0 Å². The maximum atomic E-state index is 11.2. The molecule has 7 aromatic rings. The van der Waals surface area contributed by atoms with Crippen LogP contribution in [0.5, 0.6) is 5.75 Å². The molecule has 0 spiro atoms. The van der Waals surface area contributed by atoms with Gasteiger partial charge in [0.15, 0.2) is 0 Å². The molecule has 0 aliphatic carbocycles. The number of benzene rings is 4. The number of hydrogen-bond acceptors (Lipinski definition) is 4. The summed E-state index contributed by atoms with van der Waals surface area (Å²) in [5, 5.41) is 12.4. The minimum Gasteiger partial charge on any atom is -0.507 e. The van der Waals surface area contributed by atoms with Gasteiger partial charge in [0.25, 0.3) is 0 Å². The van der Waals surface area contributed by atoms with Crippen molar-refractivity contribution in [3.05, 3.63) is 126 Å². The zero-order chi connectivity index (χ0) is 36.5. The van der Waals surface area contributed by atoms with Crippen molar-refractivity contribution in [1.29, 1.82) is 0 Å². The van der Waals surface area contributed by atoms with Gasteiger partial charge in [-0.15, -0.1) is 0 Å². The molecule has 0 amide bonds. The maximum Gasteiger partial charge on any atom is 0.145 e. The van der Waals surface area contributed by atoms with E-state index in [1.54, 1.807) is 6.07 Å². The molecule has 0 saturated carbocycles. The molecule has 3 heterocycles. The minimum atomic E-state index is -0.0784. The Morgan fingerprint density at radius 2 is 1.22 bits per heavy atom. The molecule has 258 valence electrons. The molecule has 0 atom stereocenters. The van der Waals surface area contributed by atoms with Crippen LogP contribution < -0.4 is 0 Å². The number of nitrogens with zero attached hydrogens (tertiary/aromatic N) is 4. The molecule has 0 unspecified atom stereocenters. The van der Waals surface area contributed by atoms with Crippen LogP contribution in [0.2, 0.25) is 0 Å². The van der Waals surface area contributed by atoms with Crippen molar-refractivity contribution in [2.75, 3.05) is 0 Å². The molecule has 5 heteroatoms. The average molecular weight is 673 g/mol. The summed E-state index contributed by atoms with van der Waals surface area (Å²) >= 11 is 0. The lowest BCUT2D eigenvalue weighted by atomic mass is 9.84. The second kappa shape index (κ2) is 12.2. The fraction of sp³-hybridized carbons (Fsp3) is 0.283. The SMILES string of the molecule is Cc1ccnc2c(-c3cc(-c4nc5c(-c6cc(C(C)(C)C)ccc6O)cccc5n4-c4ccc(C(C)(C)C)cc4)ccn3)cc(C(C)(C)C)cc12. The third-order valence-corrected chi connectivity index (χ3v) is 10.1. The van der Waals surface area contributed by atoms with E-state index in [0.29, 0.717) is 0 Å². The van der Waals surface area contributed by atoms with Crippen molar-refractivity contribution in [2.45, 2.75) is 85.5 Å². The summed E-state index contributed by atoms with van der Waals surface area (Å²) in [6, 6.07) is 31.7. The lowest BCUT2D eigenvalue weighted by molar-refractivity contribution is 0.476. The highest BCUT2D eigenvalue weighted by Gasteiger charge is 2.24. The quantitative estimate of drug-likeness (QED) is 0.202. The highest BCUT2D eigenvalue weighted by atomic mass is 16.3. The van der Waals surface area contributed by atoms with E-state index >= 15 is 0 Å². The fourth-order valence-electron chi connectivity index (χ4n) is 6.83. The van der Waals surface area contributed by atoms with Gasteiger partial charge < -0.3 is 5.11 Å². The molecule has 0 saturated heterocycles. The molecule has 0 aliphatic rings. The van der Waals surface area contributed by atoms with Gasteiger partial charge in [-0.3, -0.25) is 14.5 Å². The second-order valence-electron chi connectivity index (χ2n) is 17.0. The molecule has 1 N–H and O–H groups in total. The summed E-state index contributed by atoms with van der Waals surface area (Å²) in [6.45, 7) is 22.1. The van der Waals surface area contributed by atoms with Crippen LogP contribution in [-0.4, -0.2) is 24.6 Å². The second-order valence-corrected chi connectivity index (χ2v) is 17.0. The van der Waals surface area contributed by atoms with Crippen molar-refractivity contribution in [3.63, 3.8) is 0 Å². The average Bonchev–Trinajstić information content (AvgIpc) is 3.47. The van der Waals surface area contributed by atoms with Crippen LogP contribution in [0.3, 0.4) is 0 Å². The number of aryl methyl sites for hydroxylation is 1. The monoisotopic (exact) mass is 672 g/mol. The van der Waals surface area contributed by atoms with Crippen LogP contribution in [0.1, 0.15) is 84.6 Å². The number of aromatic hydroxyl groups is 1. The number of fused-ring (bicyclic) bond motifs is 2. The summed E-state index contributed by atoms with van der Waals surface area (Å²) < 4.78 is 2.24. The number of phenolic OH excluding ortho intramolecular Hbond substituents is 1. The van der Waals surface area contributed by atoms with E-state index in [-0.39, 0.29) is 22.0 Å². The van der Waals surface area contributed by atoms with E-state index in [1.807, 2.05) is 24.5 Å². The van der Waals surface area contributed by atoms with Crippen LogP contribution >= 0.6 is 0 Å². The number of aromatic nitrogens is 4. The third kappa shape index (κ3) is 6.31. The Bertz CT molecular complexity index is 2430. The molecule has 0 fully saturated rings. The fourth-order valence-corrected chi connectivity index (χ4v) is 6.83. The molecule has 0 radical (unpaired) electrons. The van der Waals surface area contributed by atoms with Gasteiger partial charge in [-0.2, -0.15) is 0 Å². The Balaban J connectivity index is 1.50. The van der Waals surface area contributed by atoms with Gasteiger partial charge in [0.05, 0.1) is 22.2 Å². The highest BCUT2D eigenvalue weighted by molar-refractivity contribution is 5.98. The maximum absolute atomic E-state index is 11.2. The van der Waals surface area contributed by atoms with Gasteiger partial charge in [-0.1, -0.05) is 92.6 Å². The van der Waals surface area contributed by atoms with Crippen LogP contribution in [0, 0.1) is 6.92 Å². The summed E-state index contributed by atoms with van der Waals surface area (Å²) in [6.07, 6.45) is 3.76. The Morgan fingerprint density at radius 1 is 0.569 bits per heavy atom. The van der Waals surface area contributed by atoms with Gasteiger partial charge in [0, 0.05) is 45.7 Å². The van der Waals surface area contributed by atoms with Gasteiger partial charge >= 0.3 is 0 Å². The summed E-state index contributed by atoms with van der Waals surface area (Å²) in [7, 11) is 0. The Labute approximate surface area is 302 Å². The molecule has 51 heavy (non-hydrogen) atoms. The number of rotatable bonds is 4. The topological polar surface area (TPSA) is 63.8 Å². The Morgan fingerprint density at radius 3 is 1.90 bits per heavy atom. The van der Waals surface area contributed by atoms with Gasteiger partial charge in [0.1, 0.15) is 11.6 Å². The number of para-hydroxylation sites is 1. The number of phenols is 1. The minimum absolute atomic E-state index is 0.0257. The van der Waals surface area contributed by atoms with Crippen molar-refractivity contribution in [1.82, 2.24) is 19.5 Å². The van der Waals surface area contributed by atoms with Crippen molar-refractivity contribution in [2.24, 2.45) is 0 Å². The van der Waals surface area contributed by atoms with E-state index in [4.69, 9.17) is 15.0 Å². The zero-order valence-electron chi connectivity index (χ0n) is 31.6. The molecule has 3 aromatic heterocycles. The standard InChI is InChI=1S/C46H48N4O/c1-28-20-22-48-41-35(28)26-32(46(8,9)10)27-37(41)38-24-29(21-23-47-38)43-49-42-34(36-25-31(45(5,6)7)16-19-40(36)51)12-11-13-39(42)50(43)33-17-14-30(15-18-33)44(2,3)4/h11-27,51H,1-10H3. The predicted molar refractivity (Wildman–Crippen MR) is 213 cm³/mol. The van der Waals surface area contributed by atoms with Crippen molar-refractivity contribution >= 4 is 21.9 Å². The van der Waals surface area contributed by atoms with Crippen LogP contribution in [0.15, 0.2) is 103 Å². The van der Waals surface area contributed by atoms with E-state index < -0.39 is 0 Å². The molecule has 5 nitrogen and oxygen atoms in total. The van der Waals surface area contributed by atoms with Crippen LogP contribution in [-0.2, 0) is 16.2 Å². The van der Waals surface area contributed by atoms with Crippen LogP contribution in [0.4, 0.5) is 0 Å². The van der Waals surface area contributed by atoms with E-state index in [2.05, 4.69) is 147 Å². The predicted octanol–water partition coefficient (Wildman–Crippen LogP) is 11.9. The molecule has 0 aliphatic heterocycles. The molecule has 7 rings (SSSR count). The van der Waals surface area contributed by atoms with E-state index in [1.165, 1.54) is 16.7 Å². The number of pyridine rings is 2. The van der Waals surface area contributed by atoms with Gasteiger partial charge in [-0.05, 0) is 106 Å². The summed E-state index contributed by atoms with van der Waals surface area (Å²) in [4.78, 5) is 15.2. The zero-order valence-corrected chi connectivity index (χ0v) is 31.6. The van der Waals surface area contributed by atoms with E-state index in [9.17, 15) is 5.11 Å². The largest absolute Gasteiger partial charge is 0.507 e. The van der Waals surface area contributed by atoms with Crippen LogP contribution in [0.25, 0.3) is 61.4 Å². The first-order valence-electron chi connectivity index (χ1n) is 17.8. The smallest absolute Gasteiger partial charge is 0.145 e. The lowest BCUT2D eigenvalue weighted by Crippen LogP contribution is -2.11. The summed E-state index contributed by atoms with van der Waals surface area (Å²) in [5.41, 5.74) is 12.9.